The van der Waals surface area contributed by atoms with Crippen LogP contribution in [0.2, 0.25) is 5.02 Å². The highest BCUT2D eigenvalue weighted by atomic mass is 35.5. The molecule has 1 spiro atoms. The molecule has 0 aliphatic carbocycles. The molecule has 6 atom stereocenters. The summed E-state index contributed by atoms with van der Waals surface area (Å²) in [5.74, 6) is 0.540. The number of hydrogen-bond acceptors (Lipinski definition) is 7. The molecule has 8 heteroatoms. The lowest BCUT2D eigenvalue weighted by molar-refractivity contribution is -0.321. The summed E-state index contributed by atoms with van der Waals surface area (Å²) in [7, 11) is 0. The summed E-state index contributed by atoms with van der Waals surface area (Å²) in [6.45, 7) is 3.42. The first-order chi connectivity index (χ1) is 29.5. The van der Waals surface area contributed by atoms with Gasteiger partial charge in [-0.15, -0.1) is 0 Å². The average molecular weight is 825 g/mol. The maximum Gasteiger partial charge on any atom is 0.130 e. The Morgan fingerprint density at radius 1 is 0.617 bits per heavy atom. The normalized spacial score (nSPS) is 22.3. The molecule has 0 saturated carbocycles. The van der Waals surface area contributed by atoms with Crippen LogP contribution in [0, 0.1) is 0 Å². The summed E-state index contributed by atoms with van der Waals surface area (Å²) >= 11 is 7.11. The lowest BCUT2D eigenvalue weighted by Gasteiger charge is -2.55. The number of aliphatic hydroxyl groups is 1. The minimum atomic E-state index is -1.18. The van der Waals surface area contributed by atoms with Crippen LogP contribution in [0.1, 0.15) is 57.9 Å². The average Bonchev–Trinajstić information content (AvgIpc) is 3.29. The number of hydrogen-bond donors (Lipinski definition) is 1. The smallest absolute Gasteiger partial charge is 0.130 e. The van der Waals surface area contributed by atoms with E-state index in [1.807, 2.05) is 91.0 Å². The Morgan fingerprint density at radius 2 is 1.13 bits per heavy atom. The fourth-order valence-corrected chi connectivity index (χ4v) is 8.61. The van der Waals surface area contributed by atoms with E-state index in [2.05, 4.69) is 73.7 Å². The van der Waals surface area contributed by atoms with Gasteiger partial charge in [0.2, 0.25) is 0 Å². The first kappa shape index (κ1) is 41.9. The molecular weight excluding hydrogens is 772 g/mol. The lowest BCUT2D eigenvalue weighted by Crippen LogP contribution is -2.67. The van der Waals surface area contributed by atoms with Crippen molar-refractivity contribution in [1.29, 1.82) is 0 Å². The van der Waals surface area contributed by atoms with Crippen molar-refractivity contribution in [2.75, 3.05) is 13.2 Å². The molecule has 2 aliphatic heterocycles. The van der Waals surface area contributed by atoms with Crippen LogP contribution in [-0.2, 0) is 68.6 Å². The first-order valence-corrected chi connectivity index (χ1v) is 21.3. The van der Waals surface area contributed by atoms with E-state index in [0.717, 1.165) is 45.4 Å². The maximum atomic E-state index is 10.9. The van der Waals surface area contributed by atoms with Crippen LogP contribution in [0.5, 0.6) is 5.75 Å². The van der Waals surface area contributed by atoms with E-state index in [4.69, 9.17) is 40.0 Å². The third-order valence-corrected chi connectivity index (χ3v) is 11.9. The Balaban J connectivity index is 1.25. The molecule has 2 unspecified atom stereocenters. The Hall–Kier alpha value is -4.83. The van der Waals surface area contributed by atoms with Gasteiger partial charge in [-0.2, -0.15) is 0 Å². The minimum Gasteiger partial charge on any atom is -0.487 e. The summed E-state index contributed by atoms with van der Waals surface area (Å²) in [6.07, 6.45) is -1.41. The zero-order valence-electron chi connectivity index (χ0n) is 34.0. The molecular formula is C52H53ClO7. The number of benzene rings is 6. The summed E-state index contributed by atoms with van der Waals surface area (Å²) in [4.78, 5) is 0. The van der Waals surface area contributed by atoms with Crippen molar-refractivity contribution in [3.63, 3.8) is 0 Å². The molecule has 1 saturated heterocycles. The van der Waals surface area contributed by atoms with E-state index in [9.17, 15) is 5.11 Å². The number of aliphatic hydroxyl groups excluding tert-OH is 1. The van der Waals surface area contributed by atoms with Gasteiger partial charge >= 0.3 is 0 Å². The van der Waals surface area contributed by atoms with Crippen molar-refractivity contribution < 1.29 is 33.5 Å². The molecule has 6 aromatic carbocycles. The van der Waals surface area contributed by atoms with Crippen molar-refractivity contribution in [2.24, 2.45) is 0 Å². The largest absolute Gasteiger partial charge is 0.487 e. The zero-order chi connectivity index (χ0) is 41.2. The Labute approximate surface area is 358 Å². The molecule has 7 nitrogen and oxygen atoms in total. The van der Waals surface area contributed by atoms with Crippen molar-refractivity contribution in [3.8, 4) is 5.75 Å². The molecule has 2 heterocycles. The number of ether oxygens (including phenoxy) is 6. The van der Waals surface area contributed by atoms with E-state index in [0.29, 0.717) is 37.0 Å². The SMILES string of the molecule is CCc1ccc(Cc2cc3c(cc2Cl)OC(CO)CC32O[C@H](COCc3ccccc3)[C@@H](OCc3ccccc3)[C@H](OCc3ccccc3)[C@H]2OCc2ccccc2)cc1. The molecule has 0 aromatic heterocycles. The van der Waals surface area contributed by atoms with Gasteiger partial charge in [0, 0.05) is 17.0 Å². The van der Waals surface area contributed by atoms with Crippen LogP contribution < -0.4 is 4.74 Å². The van der Waals surface area contributed by atoms with Gasteiger partial charge in [0.15, 0.2) is 0 Å². The predicted octanol–water partition coefficient (Wildman–Crippen LogP) is 10.2. The van der Waals surface area contributed by atoms with E-state index in [1.165, 1.54) is 5.56 Å². The standard InChI is InChI=1S/C52H53ClO7/c1-2-37-23-25-38(26-24-37)27-43-28-45-47(29-46(43)53)59-44(31-54)30-52(45)51(58-35-42-21-13-6-14-22-42)50(57-34-41-19-11-5-12-20-41)49(56-33-40-17-9-4-10-18-40)48(60-52)36-55-32-39-15-7-3-8-16-39/h3-26,28-29,44,48-51,54H,2,27,30-36H2,1H3/t44?,48-,49-,50+,51-,52?/m1/s1. The van der Waals surface area contributed by atoms with E-state index in [-0.39, 0.29) is 26.2 Å². The van der Waals surface area contributed by atoms with E-state index < -0.39 is 36.1 Å². The molecule has 6 aromatic rings. The molecule has 2 aliphatic rings. The van der Waals surface area contributed by atoms with Crippen molar-refractivity contribution in [2.45, 2.75) is 88.7 Å². The number of fused-ring (bicyclic) bond motifs is 2. The zero-order valence-corrected chi connectivity index (χ0v) is 34.8. The quantitative estimate of drug-likeness (QED) is 0.0982. The van der Waals surface area contributed by atoms with Gasteiger partial charge in [0.05, 0.1) is 39.6 Å². The van der Waals surface area contributed by atoms with Crippen LogP contribution >= 0.6 is 11.6 Å². The number of halogens is 1. The summed E-state index contributed by atoms with van der Waals surface area (Å²) in [6, 6.07) is 53.1. The second kappa shape index (κ2) is 20.2. The highest BCUT2D eigenvalue weighted by Gasteiger charge is 2.60. The summed E-state index contributed by atoms with van der Waals surface area (Å²) in [5, 5.41) is 11.4. The topological polar surface area (TPSA) is 75.6 Å². The van der Waals surface area contributed by atoms with Crippen LogP contribution in [0.3, 0.4) is 0 Å². The van der Waals surface area contributed by atoms with Gasteiger partial charge in [0.25, 0.3) is 0 Å². The molecule has 0 amide bonds. The van der Waals surface area contributed by atoms with Crippen LogP contribution in [-0.4, -0.2) is 48.8 Å². The third-order valence-electron chi connectivity index (χ3n) is 11.5. The second-order valence-corrected chi connectivity index (χ2v) is 16.1. The molecule has 0 radical (unpaired) electrons. The van der Waals surface area contributed by atoms with Crippen LogP contribution in [0.15, 0.2) is 158 Å². The fourth-order valence-electron chi connectivity index (χ4n) is 8.39. The highest BCUT2D eigenvalue weighted by molar-refractivity contribution is 6.31. The maximum absolute atomic E-state index is 10.9. The lowest BCUT2D eigenvalue weighted by atomic mass is 9.74. The summed E-state index contributed by atoms with van der Waals surface area (Å²) in [5.41, 5.74) is 7.04. The third kappa shape index (κ3) is 10.0. The molecule has 1 fully saturated rings. The highest BCUT2D eigenvalue weighted by Crippen LogP contribution is 2.52. The van der Waals surface area contributed by atoms with Crippen molar-refractivity contribution in [3.05, 3.63) is 207 Å². The van der Waals surface area contributed by atoms with Gasteiger partial charge < -0.3 is 33.5 Å². The Morgan fingerprint density at radius 3 is 1.68 bits per heavy atom. The molecule has 1 N–H and O–H groups in total. The van der Waals surface area contributed by atoms with Gasteiger partial charge in [0.1, 0.15) is 41.9 Å². The van der Waals surface area contributed by atoms with Gasteiger partial charge in [-0.05, 0) is 63.9 Å². The number of aryl methyl sites for hydroxylation is 1. The van der Waals surface area contributed by atoms with E-state index in [1.54, 1.807) is 0 Å². The van der Waals surface area contributed by atoms with Crippen LogP contribution in [0.25, 0.3) is 0 Å². The van der Waals surface area contributed by atoms with Gasteiger partial charge in [-0.1, -0.05) is 164 Å². The Bertz CT molecular complexity index is 2220. The summed E-state index contributed by atoms with van der Waals surface area (Å²) < 4.78 is 41.9. The first-order valence-electron chi connectivity index (χ1n) is 21.0. The molecule has 0 bridgehead atoms. The fraction of sp³-hybridized carbons (Fsp3) is 0.308. The van der Waals surface area contributed by atoms with E-state index >= 15 is 0 Å². The Kier molecular flexibility index (Phi) is 14.1. The second-order valence-electron chi connectivity index (χ2n) is 15.7. The van der Waals surface area contributed by atoms with Gasteiger partial charge in [-0.25, -0.2) is 0 Å². The van der Waals surface area contributed by atoms with Crippen molar-refractivity contribution >= 4 is 11.6 Å². The number of rotatable bonds is 17. The molecule has 310 valence electrons. The monoisotopic (exact) mass is 824 g/mol. The van der Waals surface area contributed by atoms with Gasteiger partial charge in [-0.3, -0.25) is 0 Å². The molecule has 8 rings (SSSR count). The predicted molar refractivity (Wildman–Crippen MR) is 234 cm³/mol. The van der Waals surface area contributed by atoms with Crippen LogP contribution in [0.4, 0.5) is 0 Å². The molecule has 60 heavy (non-hydrogen) atoms. The van der Waals surface area contributed by atoms with Crippen molar-refractivity contribution in [1.82, 2.24) is 0 Å². The minimum absolute atomic E-state index is 0.205.